The Kier molecular flexibility index (Phi) is 8.60. The van der Waals surface area contributed by atoms with E-state index in [9.17, 15) is 0 Å². The number of quaternary nitrogens is 1. The zero-order valence-corrected chi connectivity index (χ0v) is 22.1. The van der Waals surface area contributed by atoms with Crippen molar-refractivity contribution in [3.8, 4) is 11.1 Å². The van der Waals surface area contributed by atoms with Gasteiger partial charge in [0.25, 0.3) is 0 Å². The van der Waals surface area contributed by atoms with Gasteiger partial charge in [0.1, 0.15) is 6.54 Å². The fraction of sp³-hybridized carbons (Fsp3) is 0.333. The van der Waals surface area contributed by atoms with Crippen LogP contribution in [-0.2, 0) is 19.6 Å². The minimum atomic E-state index is 0.983. The highest BCUT2D eigenvalue weighted by atomic mass is 15.0. The maximum absolute atomic E-state index is 3.93. The Morgan fingerprint density at radius 3 is 1.51 bits per heavy atom. The van der Waals surface area contributed by atoms with E-state index >= 15 is 0 Å². The molecule has 4 nitrogen and oxygen atoms in total. The van der Waals surface area contributed by atoms with Crippen molar-refractivity contribution < 1.29 is 14.9 Å². The minimum absolute atomic E-state index is 0.983. The van der Waals surface area contributed by atoms with Gasteiger partial charge in [0.15, 0.2) is 31.3 Å². The Hall–Kier alpha value is -3.50. The third-order valence-corrected chi connectivity index (χ3v) is 7.51. The highest BCUT2D eigenvalue weighted by Gasteiger charge is 2.09. The summed E-state index contributed by atoms with van der Waals surface area (Å²) in [7, 11) is 0. The number of fused-ring (bicyclic) bond motifs is 3. The van der Waals surface area contributed by atoms with Crippen LogP contribution in [0, 0.1) is 0 Å². The van der Waals surface area contributed by atoms with Crippen LogP contribution in [0.15, 0.2) is 97.6 Å². The van der Waals surface area contributed by atoms with Crippen LogP contribution in [0.25, 0.3) is 32.9 Å². The molecular weight excluding hydrogens is 452 g/mol. The van der Waals surface area contributed by atoms with E-state index in [0.717, 1.165) is 32.6 Å². The molecule has 0 bridgehead atoms. The van der Waals surface area contributed by atoms with E-state index in [2.05, 4.69) is 117 Å². The molecular formula is C33H41N4+3. The summed E-state index contributed by atoms with van der Waals surface area (Å²) in [4.78, 5) is 0. The molecule has 2 aromatic carbocycles. The molecule has 0 saturated heterocycles. The lowest BCUT2D eigenvalue weighted by Gasteiger charge is -2.07. The normalized spacial score (nSPS) is 11.5. The number of unbranched alkanes of at least 4 members (excludes halogenated alkanes) is 5. The van der Waals surface area contributed by atoms with Gasteiger partial charge in [-0.2, -0.15) is 0 Å². The number of hydrogen-bond donors (Lipinski definition) is 1. The molecule has 0 saturated carbocycles. The molecule has 5 rings (SSSR count). The molecule has 0 aliphatic rings. The van der Waals surface area contributed by atoms with Gasteiger partial charge in [-0.3, -0.25) is 0 Å². The minimum Gasteiger partial charge on any atom is -0.357 e. The van der Waals surface area contributed by atoms with Crippen molar-refractivity contribution in [3.05, 3.63) is 97.6 Å². The molecule has 190 valence electrons. The Morgan fingerprint density at radius 1 is 0.514 bits per heavy atom. The summed E-state index contributed by atoms with van der Waals surface area (Å²) in [5.74, 6) is 0. The van der Waals surface area contributed by atoms with Crippen molar-refractivity contribution in [1.29, 1.82) is 0 Å². The highest BCUT2D eigenvalue weighted by molar-refractivity contribution is 6.07. The van der Waals surface area contributed by atoms with Gasteiger partial charge in [0, 0.05) is 59.0 Å². The number of aryl methyl sites for hydroxylation is 3. The van der Waals surface area contributed by atoms with Gasteiger partial charge in [-0.05, 0) is 36.1 Å². The second-order valence-electron chi connectivity index (χ2n) is 10.2. The van der Waals surface area contributed by atoms with Crippen LogP contribution in [0.3, 0.4) is 0 Å². The van der Waals surface area contributed by atoms with E-state index in [0.29, 0.717) is 0 Å². The van der Waals surface area contributed by atoms with Crippen LogP contribution in [0.5, 0.6) is 0 Å². The van der Waals surface area contributed by atoms with Gasteiger partial charge in [-0.1, -0.05) is 55.7 Å². The average Bonchev–Trinajstić information content (AvgIpc) is 3.27. The highest BCUT2D eigenvalue weighted by Crippen LogP contribution is 2.29. The topological polar surface area (TPSA) is 40.3 Å². The molecule has 0 fully saturated rings. The van der Waals surface area contributed by atoms with E-state index in [-0.39, 0.29) is 0 Å². The smallest absolute Gasteiger partial charge is 0.169 e. The van der Waals surface area contributed by atoms with Gasteiger partial charge < -0.3 is 10.3 Å². The van der Waals surface area contributed by atoms with Gasteiger partial charge in [0.05, 0.1) is 13.0 Å². The molecule has 0 unspecified atom stereocenters. The molecule has 3 N–H and O–H groups in total. The fourth-order valence-electron chi connectivity index (χ4n) is 5.41. The number of hydrogen-bond acceptors (Lipinski definition) is 0. The Balaban J connectivity index is 1.02. The molecule has 5 aromatic rings. The molecule has 0 atom stereocenters. The SMILES string of the molecule is [NH3+]CCC[n+]1ccc(-c2cc[n+](CCCCCCCCn3c4ccccc4c4ccccc43)cc2)cc1. The third-order valence-electron chi connectivity index (χ3n) is 7.51. The van der Waals surface area contributed by atoms with Crippen LogP contribution < -0.4 is 14.9 Å². The fourth-order valence-corrected chi connectivity index (χ4v) is 5.41. The third kappa shape index (κ3) is 6.26. The molecule has 4 heteroatoms. The first-order valence-electron chi connectivity index (χ1n) is 14.1. The van der Waals surface area contributed by atoms with E-state index in [1.807, 2.05) is 0 Å². The van der Waals surface area contributed by atoms with Crippen LogP contribution in [0.2, 0.25) is 0 Å². The van der Waals surface area contributed by atoms with E-state index < -0.39 is 0 Å². The number of benzene rings is 2. The summed E-state index contributed by atoms with van der Waals surface area (Å²) < 4.78 is 7.08. The van der Waals surface area contributed by atoms with Gasteiger partial charge >= 0.3 is 0 Å². The van der Waals surface area contributed by atoms with Crippen molar-refractivity contribution in [2.45, 2.75) is 64.6 Å². The average molecular weight is 494 g/mol. The summed E-state index contributed by atoms with van der Waals surface area (Å²) in [5.41, 5.74) is 9.22. The lowest BCUT2D eigenvalue weighted by atomic mass is 10.1. The molecule has 0 aliphatic carbocycles. The number of aromatic nitrogens is 3. The summed E-state index contributed by atoms with van der Waals surface area (Å²) in [6.45, 7) is 4.23. The number of pyridine rings is 2. The predicted molar refractivity (Wildman–Crippen MR) is 152 cm³/mol. The largest absolute Gasteiger partial charge is 0.357 e. The summed E-state index contributed by atoms with van der Waals surface area (Å²) in [6.07, 6.45) is 17.7. The van der Waals surface area contributed by atoms with Crippen LogP contribution >= 0.6 is 0 Å². The zero-order chi connectivity index (χ0) is 25.3. The first-order valence-corrected chi connectivity index (χ1v) is 14.1. The first kappa shape index (κ1) is 25.2. The monoisotopic (exact) mass is 493 g/mol. The molecule has 0 aliphatic heterocycles. The molecule has 3 aromatic heterocycles. The molecule has 37 heavy (non-hydrogen) atoms. The van der Waals surface area contributed by atoms with Crippen molar-refractivity contribution in [2.24, 2.45) is 0 Å². The van der Waals surface area contributed by atoms with Gasteiger partial charge in [0.2, 0.25) is 0 Å². The first-order chi connectivity index (χ1) is 18.3. The van der Waals surface area contributed by atoms with Crippen molar-refractivity contribution >= 4 is 21.8 Å². The molecule has 0 spiro atoms. The zero-order valence-electron chi connectivity index (χ0n) is 22.1. The van der Waals surface area contributed by atoms with E-state index in [1.54, 1.807) is 0 Å². The second kappa shape index (κ2) is 12.6. The summed E-state index contributed by atoms with van der Waals surface area (Å²) in [5, 5.41) is 2.75. The molecule has 0 amide bonds. The van der Waals surface area contributed by atoms with Crippen LogP contribution in [-0.4, -0.2) is 11.1 Å². The lowest BCUT2D eigenvalue weighted by Crippen LogP contribution is -2.51. The van der Waals surface area contributed by atoms with Crippen LogP contribution in [0.1, 0.15) is 44.9 Å². The van der Waals surface area contributed by atoms with E-state index in [4.69, 9.17) is 0 Å². The van der Waals surface area contributed by atoms with E-state index in [1.165, 1.54) is 71.5 Å². The lowest BCUT2D eigenvalue weighted by molar-refractivity contribution is -0.699. The Bertz CT molecular complexity index is 1350. The second-order valence-corrected chi connectivity index (χ2v) is 10.2. The van der Waals surface area contributed by atoms with Crippen molar-refractivity contribution in [1.82, 2.24) is 4.57 Å². The van der Waals surface area contributed by atoms with Crippen molar-refractivity contribution in [2.75, 3.05) is 6.54 Å². The number of nitrogens with zero attached hydrogens (tertiary/aromatic N) is 3. The maximum Gasteiger partial charge on any atom is 0.169 e. The number of rotatable bonds is 13. The predicted octanol–water partition coefficient (Wildman–Crippen LogP) is 5.71. The number of para-hydroxylation sites is 2. The van der Waals surface area contributed by atoms with Crippen molar-refractivity contribution in [3.63, 3.8) is 0 Å². The summed E-state index contributed by atoms with van der Waals surface area (Å²) >= 11 is 0. The Morgan fingerprint density at radius 2 is 0.973 bits per heavy atom. The molecule has 3 heterocycles. The summed E-state index contributed by atoms with van der Waals surface area (Å²) in [6, 6.07) is 26.6. The quantitative estimate of drug-likeness (QED) is 0.161. The maximum atomic E-state index is 3.93. The standard InChI is InChI=1S/C33H40N4/c34-20-11-22-36-26-18-29(19-27-36)28-16-24-35(25-17-28)21-9-3-1-2-4-10-23-37-32-14-7-5-12-30(32)31-13-6-8-15-33(31)37/h5-8,12-19,24-27H,1-4,9-11,20-23,34H2/q+2/p+1. The van der Waals surface area contributed by atoms with Crippen LogP contribution in [0.4, 0.5) is 0 Å². The van der Waals surface area contributed by atoms with Gasteiger partial charge in [-0.25, -0.2) is 9.13 Å². The van der Waals surface area contributed by atoms with Gasteiger partial charge in [-0.15, -0.1) is 0 Å². The Labute approximate surface area is 221 Å². The molecule has 0 radical (unpaired) electrons.